The van der Waals surface area contributed by atoms with E-state index in [1.165, 1.54) is 0 Å². The first kappa shape index (κ1) is 7.95. The molecule has 0 heterocycles. The van der Waals surface area contributed by atoms with Crippen LogP contribution in [0.1, 0.15) is 15.9 Å². The van der Waals surface area contributed by atoms with Crippen LogP contribution in [-0.2, 0) is 6.42 Å². The van der Waals surface area contributed by atoms with Crippen molar-refractivity contribution in [1.29, 1.82) is 0 Å². The minimum absolute atomic E-state index is 0.153. The van der Waals surface area contributed by atoms with E-state index in [0.29, 0.717) is 12.0 Å². The van der Waals surface area contributed by atoms with Crippen LogP contribution in [0, 0.1) is 0 Å². The first-order valence-electron chi connectivity index (χ1n) is 3.52. The average molecular weight is 150 g/mol. The molecule has 2 heteroatoms. The summed E-state index contributed by atoms with van der Waals surface area (Å²) in [5.74, 6) is 0. The van der Waals surface area contributed by atoms with E-state index in [9.17, 15) is 4.79 Å². The highest BCUT2D eigenvalue weighted by atomic mass is 16.2. The van der Waals surface area contributed by atoms with E-state index < -0.39 is 0 Å². The third-order valence-corrected chi connectivity index (χ3v) is 1.52. The minimum Gasteiger partial charge on any atom is -0.396 e. The van der Waals surface area contributed by atoms with Crippen LogP contribution in [-0.4, -0.2) is 18.0 Å². The molecular formula is C9H10O2. The first-order chi connectivity index (χ1) is 5.36. The van der Waals surface area contributed by atoms with Gasteiger partial charge in [-0.1, -0.05) is 24.3 Å². The quantitative estimate of drug-likeness (QED) is 0.653. The third kappa shape index (κ3) is 2.16. The molecule has 0 aliphatic heterocycles. The van der Waals surface area contributed by atoms with Gasteiger partial charge in [0.1, 0.15) is 6.29 Å². The number of aliphatic hydroxyl groups excluding tert-OH is 1. The molecule has 0 aromatic heterocycles. The first-order valence-corrected chi connectivity index (χ1v) is 3.52. The number of hydrogen-bond acceptors (Lipinski definition) is 2. The summed E-state index contributed by atoms with van der Waals surface area (Å²) in [4.78, 5) is 10.2. The standard InChI is InChI=1S/C9H10O2/c10-6-5-8-1-3-9(7-11)4-2-8/h1-4,7,10H,5-6H2. The fourth-order valence-corrected chi connectivity index (χ4v) is 0.892. The van der Waals surface area contributed by atoms with Gasteiger partial charge >= 0.3 is 0 Å². The van der Waals surface area contributed by atoms with Gasteiger partial charge in [-0.15, -0.1) is 0 Å². The number of aliphatic hydroxyl groups is 1. The van der Waals surface area contributed by atoms with Crippen LogP contribution in [0.5, 0.6) is 0 Å². The smallest absolute Gasteiger partial charge is 0.150 e. The van der Waals surface area contributed by atoms with E-state index in [4.69, 9.17) is 5.11 Å². The van der Waals surface area contributed by atoms with Gasteiger partial charge < -0.3 is 5.11 Å². The Bertz CT molecular complexity index is 226. The second-order valence-electron chi connectivity index (χ2n) is 2.33. The fraction of sp³-hybridized carbons (Fsp3) is 0.222. The SMILES string of the molecule is O=Cc1ccc(CCO)cc1. The van der Waals surface area contributed by atoms with E-state index in [2.05, 4.69) is 0 Å². The molecule has 1 aromatic rings. The number of aldehydes is 1. The summed E-state index contributed by atoms with van der Waals surface area (Å²) in [6, 6.07) is 7.19. The monoisotopic (exact) mass is 150 g/mol. The van der Waals surface area contributed by atoms with Crippen molar-refractivity contribution < 1.29 is 9.90 Å². The van der Waals surface area contributed by atoms with Gasteiger partial charge in [0, 0.05) is 12.2 Å². The average Bonchev–Trinajstić information content (AvgIpc) is 2.07. The highest BCUT2D eigenvalue weighted by Crippen LogP contribution is 2.02. The largest absolute Gasteiger partial charge is 0.396 e. The topological polar surface area (TPSA) is 37.3 Å². The molecule has 0 amide bonds. The van der Waals surface area contributed by atoms with Crippen molar-refractivity contribution >= 4 is 6.29 Å². The number of rotatable bonds is 3. The van der Waals surface area contributed by atoms with Gasteiger partial charge in [0.05, 0.1) is 0 Å². The molecule has 0 aliphatic rings. The van der Waals surface area contributed by atoms with Crippen molar-refractivity contribution in [3.63, 3.8) is 0 Å². The molecule has 0 spiro atoms. The van der Waals surface area contributed by atoms with Crippen LogP contribution in [0.15, 0.2) is 24.3 Å². The van der Waals surface area contributed by atoms with Crippen molar-refractivity contribution in [1.82, 2.24) is 0 Å². The zero-order valence-corrected chi connectivity index (χ0v) is 6.16. The molecule has 1 rings (SSSR count). The number of carbonyl (C=O) groups excluding carboxylic acids is 1. The van der Waals surface area contributed by atoms with Crippen LogP contribution in [0.3, 0.4) is 0 Å². The molecular weight excluding hydrogens is 140 g/mol. The maximum absolute atomic E-state index is 10.2. The second-order valence-corrected chi connectivity index (χ2v) is 2.33. The lowest BCUT2D eigenvalue weighted by atomic mass is 10.1. The predicted octanol–water partition coefficient (Wildman–Crippen LogP) is 1.03. The number of carbonyl (C=O) groups is 1. The molecule has 1 N–H and O–H groups in total. The zero-order chi connectivity index (χ0) is 8.10. The molecule has 0 atom stereocenters. The summed E-state index contributed by atoms with van der Waals surface area (Å²) in [5, 5.41) is 8.58. The van der Waals surface area contributed by atoms with Crippen molar-refractivity contribution in [2.45, 2.75) is 6.42 Å². The molecule has 0 aliphatic carbocycles. The van der Waals surface area contributed by atoms with Gasteiger partial charge in [-0.3, -0.25) is 4.79 Å². The van der Waals surface area contributed by atoms with Gasteiger partial charge in [-0.05, 0) is 12.0 Å². The highest BCUT2D eigenvalue weighted by molar-refractivity contribution is 5.74. The van der Waals surface area contributed by atoms with E-state index >= 15 is 0 Å². The molecule has 1 aromatic carbocycles. The van der Waals surface area contributed by atoms with Gasteiger partial charge in [0.25, 0.3) is 0 Å². The van der Waals surface area contributed by atoms with Gasteiger partial charge in [-0.25, -0.2) is 0 Å². The zero-order valence-electron chi connectivity index (χ0n) is 6.16. The van der Waals surface area contributed by atoms with Crippen molar-refractivity contribution in [2.75, 3.05) is 6.61 Å². The minimum atomic E-state index is 0.153. The summed E-state index contributed by atoms with van der Waals surface area (Å²) in [7, 11) is 0. The third-order valence-electron chi connectivity index (χ3n) is 1.52. The molecule has 0 saturated heterocycles. The van der Waals surface area contributed by atoms with E-state index in [-0.39, 0.29) is 6.61 Å². The molecule has 0 bridgehead atoms. The van der Waals surface area contributed by atoms with E-state index in [0.717, 1.165) is 11.8 Å². The molecule has 0 radical (unpaired) electrons. The normalized spacial score (nSPS) is 9.55. The van der Waals surface area contributed by atoms with Gasteiger partial charge in [-0.2, -0.15) is 0 Å². The maximum Gasteiger partial charge on any atom is 0.150 e. The second kappa shape index (κ2) is 3.88. The highest BCUT2D eigenvalue weighted by Gasteiger charge is 1.91. The Morgan fingerprint density at radius 3 is 2.36 bits per heavy atom. The summed E-state index contributed by atoms with van der Waals surface area (Å²) < 4.78 is 0. The van der Waals surface area contributed by atoms with Crippen LogP contribution >= 0.6 is 0 Å². The van der Waals surface area contributed by atoms with Crippen LogP contribution in [0.2, 0.25) is 0 Å². The number of benzene rings is 1. The summed E-state index contributed by atoms with van der Waals surface area (Å²) in [6.07, 6.45) is 1.46. The molecule has 2 nitrogen and oxygen atoms in total. The van der Waals surface area contributed by atoms with Crippen molar-refractivity contribution in [3.8, 4) is 0 Å². The Balaban J connectivity index is 2.74. The Hall–Kier alpha value is -1.15. The van der Waals surface area contributed by atoms with Crippen LogP contribution in [0.25, 0.3) is 0 Å². The lowest BCUT2D eigenvalue weighted by Crippen LogP contribution is -1.90. The maximum atomic E-state index is 10.2. The van der Waals surface area contributed by atoms with Gasteiger partial charge in [0.2, 0.25) is 0 Å². The van der Waals surface area contributed by atoms with Gasteiger partial charge in [0.15, 0.2) is 0 Å². The lowest BCUT2D eigenvalue weighted by molar-refractivity contribution is 0.112. The fourth-order valence-electron chi connectivity index (χ4n) is 0.892. The Kier molecular flexibility index (Phi) is 2.81. The van der Waals surface area contributed by atoms with E-state index in [1.54, 1.807) is 12.1 Å². The summed E-state index contributed by atoms with van der Waals surface area (Å²) in [6.45, 7) is 0.153. The predicted molar refractivity (Wildman–Crippen MR) is 42.6 cm³/mol. The number of hydrogen-bond donors (Lipinski definition) is 1. The van der Waals surface area contributed by atoms with Crippen LogP contribution < -0.4 is 0 Å². The van der Waals surface area contributed by atoms with Crippen LogP contribution in [0.4, 0.5) is 0 Å². The van der Waals surface area contributed by atoms with E-state index in [1.807, 2.05) is 12.1 Å². The Labute approximate surface area is 65.5 Å². The molecule has 11 heavy (non-hydrogen) atoms. The van der Waals surface area contributed by atoms with Crippen molar-refractivity contribution in [3.05, 3.63) is 35.4 Å². The Morgan fingerprint density at radius 2 is 1.91 bits per heavy atom. The molecule has 0 fully saturated rings. The molecule has 0 saturated carbocycles. The lowest BCUT2D eigenvalue weighted by Gasteiger charge is -1.96. The molecule has 0 unspecified atom stereocenters. The van der Waals surface area contributed by atoms with Crippen molar-refractivity contribution in [2.24, 2.45) is 0 Å². The molecule has 58 valence electrons. The summed E-state index contributed by atoms with van der Waals surface area (Å²) in [5.41, 5.74) is 1.73. The summed E-state index contributed by atoms with van der Waals surface area (Å²) >= 11 is 0. The Morgan fingerprint density at radius 1 is 1.27 bits per heavy atom.